The number of carboxylic acids is 1. The topological polar surface area (TPSA) is 146 Å². The van der Waals surface area contributed by atoms with Crippen molar-refractivity contribution in [2.45, 2.75) is 69.7 Å². The van der Waals surface area contributed by atoms with Crippen molar-refractivity contribution in [1.82, 2.24) is 9.80 Å². The molecular formula is C36H46ClN3O8S. The second-order valence-electron chi connectivity index (χ2n) is 12.8. The molecule has 0 saturated carbocycles. The van der Waals surface area contributed by atoms with Gasteiger partial charge in [0.2, 0.25) is 0 Å². The van der Waals surface area contributed by atoms with Crippen LogP contribution in [0.4, 0.5) is 5.69 Å². The normalized spacial score (nSPS) is 20.2. The van der Waals surface area contributed by atoms with E-state index in [9.17, 15) is 28.2 Å². The van der Waals surface area contributed by atoms with Gasteiger partial charge in [-0.2, -0.15) is 0 Å². The summed E-state index contributed by atoms with van der Waals surface area (Å²) in [7, 11) is -2.02. The first-order chi connectivity index (χ1) is 23.3. The van der Waals surface area contributed by atoms with Crippen LogP contribution < -0.4 is 9.46 Å². The van der Waals surface area contributed by atoms with Gasteiger partial charge in [0.1, 0.15) is 5.75 Å². The molecule has 3 N–H and O–H groups in total. The van der Waals surface area contributed by atoms with Crippen molar-refractivity contribution in [3.05, 3.63) is 88.4 Å². The summed E-state index contributed by atoms with van der Waals surface area (Å²) in [6.45, 7) is 7.30. The highest BCUT2D eigenvalue weighted by Gasteiger charge is 2.31. The third-order valence-corrected chi connectivity index (χ3v) is 10.2. The number of benzene rings is 3. The standard InChI is InChI=1S/C36H46ClN3O8S/c1-24-20-40(25(2)23-41)35(42)32-19-30(38-49(45,46)31-15-12-29(37)13-16-31)14-17-33(32)48-26(3)7-5-6-18-47-34(24)22-39(4)21-27-8-10-28(11-9-27)36(43)44/h8-17,19,24-26,34,38,41H,5-7,18,20-23H2,1-4H3,(H,43,44)/t24-,25+,26+,34+/m1/s1. The number of aliphatic hydroxyl groups excluding tert-OH is 1. The zero-order chi connectivity index (χ0) is 35.7. The number of nitrogens with one attached hydrogen (secondary N) is 1. The summed E-state index contributed by atoms with van der Waals surface area (Å²) in [5.74, 6) is -1.22. The summed E-state index contributed by atoms with van der Waals surface area (Å²) in [5, 5.41) is 19.9. The maximum atomic E-state index is 14.4. The first-order valence-electron chi connectivity index (χ1n) is 16.4. The molecule has 4 atom stereocenters. The Morgan fingerprint density at radius 1 is 1.08 bits per heavy atom. The number of rotatable bonds is 10. The SMILES string of the molecule is C[C@@H]1CN([C@@H](C)CO)C(=O)c2cc(NS(=O)(=O)c3ccc(Cl)cc3)ccc2O[C@@H](C)CCCCO[C@H]1CN(C)Cc1ccc(C(=O)O)cc1. The number of nitrogens with zero attached hydrogens (tertiary/aromatic N) is 2. The number of fused-ring (bicyclic) bond motifs is 1. The van der Waals surface area contributed by atoms with Crippen LogP contribution in [0.25, 0.3) is 0 Å². The summed E-state index contributed by atoms with van der Waals surface area (Å²) in [6, 6.07) is 16.6. The van der Waals surface area contributed by atoms with E-state index in [1.54, 1.807) is 48.2 Å². The van der Waals surface area contributed by atoms with Crippen LogP contribution in [-0.2, 0) is 21.3 Å². The molecule has 0 aromatic heterocycles. The Labute approximate surface area is 293 Å². The highest BCUT2D eigenvalue weighted by atomic mass is 35.5. The Kier molecular flexibility index (Phi) is 13.5. The molecule has 3 aromatic carbocycles. The van der Waals surface area contributed by atoms with Gasteiger partial charge in [-0.25, -0.2) is 13.2 Å². The zero-order valence-electron chi connectivity index (χ0n) is 28.3. The van der Waals surface area contributed by atoms with Gasteiger partial charge in [-0.15, -0.1) is 0 Å². The molecule has 0 unspecified atom stereocenters. The molecule has 0 saturated heterocycles. The van der Waals surface area contributed by atoms with E-state index in [1.807, 2.05) is 20.9 Å². The summed E-state index contributed by atoms with van der Waals surface area (Å²) in [5.41, 5.74) is 1.54. The molecule has 4 rings (SSSR count). The second-order valence-corrected chi connectivity index (χ2v) is 14.9. The van der Waals surface area contributed by atoms with Crippen molar-refractivity contribution in [1.29, 1.82) is 0 Å². The average Bonchev–Trinajstić information content (AvgIpc) is 3.06. The van der Waals surface area contributed by atoms with Crippen LogP contribution >= 0.6 is 11.6 Å². The average molecular weight is 716 g/mol. The van der Waals surface area contributed by atoms with Crippen LogP contribution in [0.3, 0.4) is 0 Å². The Hall–Kier alpha value is -3.68. The predicted octanol–water partition coefficient (Wildman–Crippen LogP) is 5.77. The number of aromatic carboxylic acids is 1. The summed E-state index contributed by atoms with van der Waals surface area (Å²) in [6.07, 6.45) is 1.86. The van der Waals surface area contributed by atoms with Crippen LogP contribution in [0.5, 0.6) is 5.75 Å². The van der Waals surface area contributed by atoms with Crippen LogP contribution in [0, 0.1) is 5.92 Å². The van der Waals surface area contributed by atoms with Crippen molar-refractivity contribution < 1.29 is 37.7 Å². The van der Waals surface area contributed by atoms with Crippen molar-refractivity contribution in [3.8, 4) is 5.75 Å². The number of anilines is 1. The minimum Gasteiger partial charge on any atom is -0.490 e. The van der Waals surface area contributed by atoms with Gasteiger partial charge in [0.15, 0.2) is 0 Å². The first-order valence-corrected chi connectivity index (χ1v) is 18.3. The molecule has 11 nitrogen and oxygen atoms in total. The molecule has 13 heteroatoms. The Morgan fingerprint density at radius 2 is 1.78 bits per heavy atom. The quantitative estimate of drug-likeness (QED) is 0.238. The Balaban J connectivity index is 1.62. The van der Waals surface area contributed by atoms with E-state index < -0.39 is 27.9 Å². The van der Waals surface area contributed by atoms with Gasteiger partial charge < -0.3 is 24.6 Å². The largest absolute Gasteiger partial charge is 0.490 e. The molecule has 1 heterocycles. The predicted molar refractivity (Wildman–Crippen MR) is 189 cm³/mol. The molecule has 0 fully saturated rings. The molecule has 0 radical (unpaired) electrons. The van der Waals surface area contributed by atoms with E-state index in [4.69, 9.17) is 21.1 Å². The zero-order valence-corrected chi connectivity index (χ0v) is 29.9. The number of ether oxygens (including phenoxy) is 2. The number of sulfonamides is 1. The number of hydrogen-bond acceptors (Lipinski definition) is 8. The van der Waals surface area contributed by atoms with Crippen molar-refractivity contribution in [2.24, 2.45) is 5.92 Å². The molecule has 0 spiro atoms. The minimum absolute atomic E-state index is 0.0193. The van der Waals surface area contributed by atoms with Crippen LogP contribution in [0.2, 0.25) is 5.02 Å². The maximum absolute atomic E-state index is 14.4. The van der Waals surface area contributed by atoms with Gasteiger partial charge in [-0.05, 0) is 100 Å². The lowest BCUT2D eigenvalue weighted by Crippen LogP contribution is -2.47. The van der Waals surface area contributed by atoms with Gasteiger partial charge >= 0.3 is 5.97 Å². The molecule has 1 amide bonds. The van der Waals surface area contributed by atoms with Gasteiger partial charge in [-0.3, -0.25) is 14.4 Å². The van der Waals surface area contributed by atoms with Crippen LogP contribution in [0.1, 0.15) is 66.3 Å². The van der Waals surface area contributed by atoms with E-state index in [-0.39, 0.29) is 53.0 Å². The summed E-state index contributed by atoms with van der Waals surface area (Å²) >= 11 is 5.95. The fraction of sp³-hybridized carbons (Fsp3) is 0.444. The molecule has 1 aliphatic rings. The number of carbonyl (C=O) groups is 2. The summed E-state index contributed by atoms with van der Waals surface area (Å²) < 4.78 is 41.6. The van der Waals surface area contributed by atoms with E-state index in [0.717, 1.165) is 18.4 Å². The fourth-order valence-corrected chi connectivity index (χ4v) is 6.89. The number of halogens is 1. The van der Waals surface area contributed by atoms with Gasteiger partial charge in [0.25, 0.3) is 15.9 Å². The molecule has 0 aliphatic carbocycles. The lowest BCUT2D eigenvalue weighted by molar-refractivity contribution is -0.0177. The summed E-state index contributed by atoms with van der Waals surface area (Å²) in [4.78, 5) is 29.4. The van der Waals surface area contributed by atoms with Crippen molar-refractivity contribution in [2.75, 3.05) is 38.1 Å². The third kappa shape index (κ3) is 10.7. The first kappa shape index (κ1) is 38.1. The smallest absolute Gasteiger partial charge is 0.335 e. The van der Waals surface area contributed by atoms with E-state index >= 15 is 0 Å². The van der Waals surface area contributed by atoms with Crippen LogP contribution in [0.15, 0.2) is 71.6 Å². The molecular weight excluding hydrogens is 670 g/mol. The van der Waals surface area contributed by atoms with E-state index in [1.165, 1.54) is 30.3 Å². The fourth-order valence-electron chi connectivity index (χ4n) is 5.71. The van der Waals surface area contributed by atoms with Gasteiger partial charge in [0, 0.05) is 42.9 Å². The van der Waals surface area contributed by atoms with Crippen molar-refractivity contribution in [3.63, 3.8) is 0 Å². The maximum Gasteiger partial charge on any atom is 0.335 e. The van der Waals surface area contributed by atoms with Crippen molar-refractivity contribution >= 4 is 39.2 Å². The Bertz CT molecular complexity index is 1670. The minimum atomic E-state index is -3.99. The lowest BCUT2D eigenvalue weighted by atomic mass is 10.0. The number of carboxylic acid groups (broad SMARTS) is 1. The number of hydrogen-bond donors (Lipinski definition) is 3. The number of amides is 1. The number of aliphatic hydroxyl groups is 1. The van der Waals surface area contributed by atoms with E-state index in [2.05, 4.69) is 9.62 Å². The molecule has 49 heavy (non-hydrogen) atoms. The molecule has 0 bridgehead atoms. The molecule has 266 valence electrons. The molecule has 3 aromatic rings. The number of carbonyl (C=O) groups excluding carboxylic acids is 1. The third-order valence-electron chi connectivity index (χ3n) is 8.57. The Morgan fingerprint density at radius 3 is 2.43 bits per heavy atom. The van der Waals surface area contributed by atoms with E-state index in [0.29, 0.717) is 36.9 Å². The molecule has 1 aliphatic heterocycles. The monoisotopic (exact) mass is 715 g/mol. The number of likely N-dealkylation sites (N-methyl/N-ethyl adjacent to an activating group) is 1. The van der Waals surface area contributed by atoms with Gasteiger partial charge in [0.05, 0.1) is 40.9 Å². The highest BCUT2D eigenvalue weighted by molar-refractivity contribution is 7.92. The lowest BCUT2D eigenvalue weighted by Gasteiger charge is -2.36. The second kappa shape index (κ2) is 17.3. The van der Waals surface area contributed by atoms with Gasteiger partial charge in [-0.1, -0.05) is 30.7 Å². The van der Waals surface area contributed by atoms with Crippen LogP contribution in [-0.4, -0.2) is 91.9 Å². The highest BCUT2D eigenvalue weighted by Crippen LogP contribution is 2.30.